The number of anilines is 2. The van der Waals surface area contributed by atoms with Crippen molar-refractivity contribution in [3.8, 4) is 0 Å². The first-order valence-electron chi connectivity index (χ1n) is 8.56. The summed E-state index contributed by atoms with van der Waals surface area (Å²) in [6, 6.07) is 8.43. The first-order valence-corrected chi connectivity index (χ1v) is 10.4. The lowest BCUT2D eigenvalue weighted by Crippen LogP contribution is -2.37. The number of halogens is 1. The van der Waals surface area contributed by atoms with Gasteiger partial charge in [-0.15, -0.1) is 0 Å². The molecule has 12 heteroatoms. The van der Waals surface area contributed by atoms with E-state index in [1.54, 1.807) is 6.92 Å². The molecular formula is C18H18ClN3O7S. The van der Waals surface area contributed by atoms with Crippen LogP contribution < -0.4 is 9.62 Å². The first-order chi connectivity index (χ1) is 14.1. The predicted molar refractivity (Wildman–Crippen MR) is 110 cm³/mol. The SMILES string of the molecule is CCOC(=O)CN(c1cc([N+](=O)[O-])ccc1Cl)S(=O)(=O)c1ccc(NC(C)=O)cc1. The van der Waals surface area contributed by atoms with E-state index < -0.39 is 33.1 Å². The minimum atomic E-state index is -4.36. The number of carbonyl (C=O) groups excluding carboxylic acids is 2. The molecule has 0 aliphatic carbocycles. The number of non-ortho nitro benzene ring substituents is 1. The van der Waals surface area contributed by atoms with Crippen molar-refractivity contribution in [2.45, 2.75) is 18.7 Å². The number of hydrogen-bond donors (Lipinski definition) is 1. The van der Waals surface area contributed by atoms with Crippen molar-refractivity contribution < 1.29 is 27.7 Å². The van der Waals surface area contributed by atoms with Crippen molar-refractivity contribution in [2.24, 2.45) is 0 Å². The van der Waals surface area contributed by atoms with Crippen LogP contribution >= 0.6 is 11.6 Å². The fraction of sp³-hybridized carbons (Fsp3) is 0.222. The number of amides is 1. The van der Waals surface area contributed by atoms with Gasteiger partial charge in [0.05, 0.1) is 27.1 Å². The number of carbonyl (C=O) groups is 2. The van der Waals surface area contributed by atoms with Gasteiger partial charge in [0.2, 0.25) is 5.91 Å². The van der Waals surface area contributed by atoms with Crippen molar-refractivity contribution in [2.75, 3.05) is 22.8 Å². The third kappa shape index (κ3) is 5.45. The number of nitro benzene ring substituents is 1. The lowest BCUT2D eigenvalue weighted by Gasteiger charge is -2.24. The molecule has 10 nitrogen and oxygen atoms in total. The second kappa shape index (κ2) is 9.55. The van der Waals surface area contributed by atoms with Crippen LogP contribution in [0.1, 0.15) is 13.8 Å². The maximum atomic E-state index is 13.2. The third-order valence-corrected chi connectivity index (χ3v) is 5.84. The molecule has 30 heavy (non-hydrogen) atoms. The Hall–Kier alpha value is -3.18. The Morgan fingerprint density at radius 1 is 1.20 bits per heavy atom. The summed E-state index contributed by atoms with van der Waals surface area (Å²) in [5.74, 6) is -1.20. The fourth-order valence-corrected chi connectivity index (χ4v) is 4.16. The van der Waals surface area contributed by atoms with E-state index in [0.29, 0.717) is 9.99 Å². The van der Waals surface area contributed by atoms with Gasteiger partial charge < -0.3 is 10.1 Å². The molecule has 2 aromatic carbocycles. The van der Waals surface area contributed by atoms with Crippen LogP contribution in [0.25, 0.3) is 0 Å². The van der Waals surface area contributed by atoms with Crippen LogP contribution in [0.5, 0.6) is 0 Å². The average molecular weight is 456 g/mol. The molecule has 0 aliphatic heterocycles. The molecule has 160 valence electrons. The minimum Gasteiger partial charge on any atom is -0.465 e. The molecule has 0 spiro atoms. The zero-order valence-corrected chi connectivity index (χ0v) is 17.6. The van der Waals surface area contributed by atoms with Gasteiger partial charge in [0.1, 0.15) is 6.54 Å². The predicted octanol–water partition coefficient (Wildman–Crippen LogP) is 2.97. The number of sulfonamides is 1. The highest BCUT2D eigenvalue weighted by molar-refractivity contribution is 7.92. The Bertz CT molecular complexity index is 1070. The van der Waals surface area contributed by atoms with E-state index in [-0.39, 0.29) is 28.1 Å². The zero-order valence-electron chi connectivity index (χ0n) is 16.0. The molecule has 0 fully saturated rings. The van der Waals surface area contributed by atoms with Gasteiger partial charge >= 0.3 is 5.97 Å². The largest absolute Gasteiger partial charge is 0.465 e. The Morgan fingerprint density at radius 3 is 2.37 bits per heavy atom. The van der Waals surface area contributed by atoms with Crippen LogP contribution in [0.4, 0.5) is 17.1 Å². The lowest BCUT2D eigenvalue weighted by molar-refractivity contribution is -0.384. The summed E-state index contributed by atoms with van der Waals surface area (Å²) in [6.45, 7) is 2.12. The molecule has 0 aromatic heterocycles. The minimum absolute atomic E-state index is 0.0147. The Kier molecular flexibility index (Phi) is 7.35. The zero-order chi connectivity index (χ0) is 22.5. The molecule has 2 aromatic rings. The van der Waals surface area contributed by atoms with Crippen molar-refractivity contribution in [3.63, 3.8) is 0 Å². The van der Waals surface area contributed by atoms with E-state index in [1.165, 1.54) is 37.3 Å². The quantitative estimate of drug-likeness (QED) is 0.367. The van der Waals surface area contributed by atoms with E-state index >= 15 is 0 Å². The molecule has 0 heterocycles. The molecule has 0 atom stereocenters. The standard InChI is InChI=1S/C18H18ClN3O7S/c1-3-29-18(24)11-21(17-10-14(22(25)26)6-9-16(17)19)30(27,28)15-7-4-13(5-8-15)20-12(2)23/h4-10H,3,11H2,1-2H3,(H,20,23). The number of nitrogens with zero attached hydrogens (tertiary/aromatic N) is 2. The summed E-state index contributed by atoms with van der Waals surface area (Å²) in [4.78, 5) is 33.4. The second-order valence-electron chi connectivity index (χ2n) is 5.92. The fourth-order valence-electron chi connectivity index (χ4n) is 2.47. The van der Waals surface area contributed by atoms with Crippen LogP contribution in [-0.2, 0) is 24.3 Å². The number of nitrogens with one attached hydrogen (secondary N) is 1. The number of benzene rings is 2. The highest BCUT2D eigenvalue weighted by Crippen LogP contribution is 2.34. The van der Waals surface area contributed by atoms with E-state index in [9.17, 15) is 28.1 Å². The molecule has 1 amide bonds. The highest BCUT2D eigenvalue weighted by atomic mass is 35.5. The molecule has 1 N–H and O–H groups in total. The van der Waals surface area contributed by atoms with Crippen molar-refractivity contribution in [1.29, 1.82) is 0 Å². The van der Waals surface area contributed by atoms with Crippen LogP contribution in [0, 0.1) is 10.1 Å². The van der Waals surface area contributed by atoms with Gasteiger partial charge in [0.25, 0.3) is 15.7 Å². The second-order valence-corrected chi connectivity index (χ2v) is 8.18. The topological polar surface area (TPSA) is 136 Å². The Labute approximate surface area is 177 Å². The lowest BCUT2D eigenvalue weighted by atomic mass is 10.3. The summed E-state index contributed by atoms with van der Waals surface area (Å²) in [6.07, 6.45) is 0. The first kappa shape index (κ1) is 23.1. The van der Waals surface area contributed by atoms with Gasteiger partial charge in [-0.05, 0) is 37.3 Å². The monoisotopic (exact) mass is 455 g/mol. The summed E-state index contributed by atoms with van der Waals surface area (Å²) in [5, 5.41) is 13.5. The van der Waals surface area contributed by atoms with E-state index in [4.69, 9.17) is 16.3 Å². The van der Waals surface area contributed by atoms with E-state index in [1.807, 2.05) is 0 Å². The Balaban J connectivity index is 2.56. The summed E-state index contributed by atoms with van der Waals surface area (Å²) in [7, 11) is -4.36. The average Bonchev–Trinajstić information content (AvgIpc) is 2.66. The van der Waals surface area contributed by atoms with Crippen molar-refractivity contribution in [3.05, 3.63) is 57.6 Å². The number of ether oxygens (including phenoxy) is 1. The molecule has 0 saturated heterocycles. The number of hydrogen-bond acceptors (Lipinski definition) is 7. The molecule has 0 unspecified atom stereocenters. The maximum absolute atomic E-state index is 13.2. The van der Waals surface area contributed by atoms with E-state index in [0.717, 1.165) is 12.1 Å². The normalized spacial score (nSPS) is 10.9. The summed E-state index contributed by atoms with van der Waals surface area (Å²) in [5.41, 5.74) is -0.281. The van der Waals surface area contributed by atoms with Gasteiger partial charge in [-0.2, -0.15) is 0 Å². The number of rotatable bonds is 8. The number of esters is 1. The summed E-state index contributed by atoms with van der Waals surface area (Å²) < 4.78 is 32.0. The number of nitro groups is 1. The van der Waals surface area contributed by atoms with Crippen LogP contribution in [0.2, 0.25) is 5.02 Å². The van der Waals surface area contributed by atoms with E-state index in [2.05, 4.69) is 5.32 Å². The van der Waals surface area contributed by atoms with Gasteiger partial charge in [0.15, 0.2) is 0 Å². The molecular weight excluding hydrogens is 438 g/mol. The molecule has 0 bridgehead atoms. The molecule has 0 saturated carbocycles. The third-order valence-electron chi connectivity index (χ3n) is 3.75. The molecule has 0 aliphatic rings. The highest BCUT2D eigenvalue weighted by Gasteiger charge is 2.30. The van der Waals surface area contributed by atoms with Gasteiger partial charge in [0, 0.05) is 24.7 Å². The van der Waals surface area contributed by atoms with Crippen molar-refractivity contribution in [1.82, 2.24) is 0 Å². The van der Waals surface area contributed by atoms with Crippen LogP contribution in [-0.4, -0.2) is 38.4 Å². The molecule has 0 radical (unpaired) electrons. The smallest absolute Gasteiger partial charge is 0.326 e. The maximum Gasteiger partial charge on any atom is 0.326 e. The Morgan fingerprint density at radius 2 is 1.83 bits per heavy atom. The van der Waals surface area contributed by atoms with Gasteiger partial charge in [-0.25, -0.2) is 8.42 Å². The van der Waals surface area contributed by atoms with Crippen LogP contribution in [0.3, 0.4) is 0 Å². The summed E-state index contributed by atoms with van der Waals surface area (Å²) >= 11 is 6.10. The van der Waals surface area contributed by atoms with Gasteiger partial charge in [-0.3, -0.25) is 24.0 Å². The van der Waals surface area contributed by atoms with Gasteiger partial charge in [-0.1, -0.05) is 11.6 Å². The molecule has 2 rings (SSSR count). The van der Waals surface area contributed by atoms with Crippen molar-refractivity contribution >= 4 is 50.6 Å². The van der Waals surface area contributed by atoms with Crippen LogP contribution in [0.15, 0.2) is 47.4 Å².